The normalized spacial score (nSPS) is 11.8. The van der Waals surface area contributed by atoms with E-state index in [1.165, 1.54) is 6.07 Å². The third-order valence-corrected chi connectivity index (χ3v) is 2.76. The van der Waals surface area contributed by atoms with Gasteiger partial charge in [0.2, 0.25) is 0 Å². The standard InChI is InChI=1S/C14H22FN3O2/c1-2-7-20-8-3-6-17-10-12-5-4-11(9-13(12)15)14(16)18-19/h4-5,9,17,19H,2-3,6-8,10H2,1H3,(H2,16,18). The van der Waals surface area contributed by atoms with E-state index in [0.717, 1.165) is 26.0 Å². The number of hydrogen-bond donors (Lipinski definition) is 3. The first kappa shape index (κ1) is 16.4. The average Bonchev–Trinajstić information content (AvgIpc) is 2.46. The minimum absolute atomic E-state index is 0.100. The minimum Gasteiger partial charge on any atom is -0.409 e. The van der Waals surface area contributed by atoms with Crippen LogP contribution in [0.2, 0.25) is 0 Å². The fourth-order valence-corrected chi connectivity index (χ4v) is 1.68. The quantitative estimate of drug-likeness (QED) is 0.212. The predicted molar refractivity (Wildman–Crippen MR) is 76.3 cm³/mol. The molecule has 4 N–H and O–H groups in total. The zero-order chi connectivity index (χ0) is 14.8. The summed E-state index contributed by atoms with van der Waals surface area (Å²) in [5.74, 6) is -0.472. The highest BCUT2D eigenvalue weighted by atomic mass is 19.1. The molecule has 6 heteroatoms. The summed E-state index contributed by atoms with van der Waals surface area (Å²) in [6.45, 7) is 4.77. The van der Waals surface area contributed by atoms with E-state index in [9.17, 15) is 4.39 Å². The Morgan fingerprint density at radius 2 is 2.25 bits per heavy atom. The molecule has 0 saturated carbocycles. The Bertz CT molecular complexity index is 438. The highest BCUT2D eigenvalue weighted by Gasteiger charge is 2.06. The van der Waals surface area contributed by atoms with E-state index in [-0.39, 0.29) is 11.7 Å². The van der Waals surface area contributed by atoms with E-state index < -0.39 is 0 Å². The predicted octanol–water partition coefficient (Wildman–Crippen LogP) is 1.83. The number of nitrogens with two attached hydrogens (primary N) is 1. The van der Waals surface area contributed by atoms with Crippen molar-refractivity contribution in [2.75, 3.05) is 19.8 Å². The number of amidine groups is 1. The van der Waals surface area contributed by atoms with Gasteiger partial charge < -0.3 is 21.0 Å². The van der Waals surface area contributed by atoms with Crippen molar-refractivity contribution in [2.24, 2.45) is 10.9 Å². The van der Waals surface area contributed by atoms with Crippen LogP contribution >= 0.6 is 0 Å². The van der Waals surface area contributed by atoms with Gasteiger partial charge in [0.1, 0.15) is 5.82 Å². The number of benzene rings is 1. The van der Waals surface area contributed by atoms with Crippen LogP contribution in [0.5, 0.6) is 0 Å². The van der Waals surface area contributed by atoms with Crippen LogP contribution in [0, 0.1) is 5.82 Å². The lowest BCUT2D eigenvalue weighted by Gasteiger charge is -2.08. The lowest BCUT2D eigenvalue weighted by molar-refractivity contribution is 0.132. The number of ether oxygens (including phenoxy) is 1. The van der Waals surface area contributed by atoms with Crippen molar-refractivity contribution >= 4 is 5.84 Å². The summed E-state index contributed by atoms with van der Waals surface area (Å²) in [6, 6.07) is 4.51. The molecule has 0 heterocycles. The second-order valence-corrected chi connectivity index (χ2v) is 4.43. The molecule has 0 unspecified atom stereocenters. The van der Waals surface area contributed by atoms with Crippen LogP contribution in [-0.2, 0) is 11.3 Å². The van der Waals surface area contributed by atoms with E-state index in [2.05, 4.69) is 17.4 Å². The fourth-order valence-electron chi connectivity index (χ4n) is 1.68. The van der Waals surface area contributed by atoms with Gasteiger partial charge in [-0.15, -0.1) is 0 Å². The monoisotopic (exact) mass is 283 g/mol. The lowest BCUT2D eigenvalue weighted by atomic mass is 10.1. The van der Waals surface area contributed by atoms with E-state index in [4.69, 9.17) is 15.7 Å². The van der Waals surface area contributed by atoms with Crippen LogP contribution in [0.1, 0.15) is 30.9 Å². The summed E-state index contributed by atoms with van der Waals surface area (Å²) in [5.41, 5.74) is 6.31. The van der Waals surface area contributed by atoms with Gasteiger partial charge >= 0.3 is 0 Å². The van der Waals surface area contributed by atoms with Crippen molar-refractivity contribution in [3.05, 3.63) is 35.1 Å². The van der Waals surface area contributed by atoms with E-state index in [1.807, 2.05) is 0 Å². The van der Waals surface area contributed by atoms with Crippen LogP contribution in [0.3, 0.4) is 0 Å². The molecular formula is C14H22FN3O2. The number of oxime groups is 1. The molecule has 20 heavy (non-hydrogen) atoms. The first-order chi connectivity index (χ1) is 9.69. The van der Waals surface area contributed by atoms with Gasteiger partial charge in [0.25, 0.3) is 0 Å². The molecule has 0 aliphatic rings. The number of hydrogen-bond acceptors (Lipinski definition) is 4. The van der Waals surface area contributed by atoms with E-state index in [0.29, 0.717) is 24.3 Å². The average molecular weight is 283 g/mol. The molecule has 1 aromatic rings. The second kappa shape index (κ2) is 9.28. The molecule has 0 fully saturated rings. The maximum absolute atomic E-state index is 13.8. The molecule has 0 saturated heterocycles. The van der Waals surface area contributed by atoms with Gasteiger partial charge in [-0.1, -0.05) is 24.2 Å². The number of nitrogens with zero attached hydrogens (tertiary/aromatic N) is 1. The largest absolute Gasteiger partial charge is 0.409 e. The molecule has 1 aromatic carbocycles. The summed E-state index contributed by atoms with van der Waals surface area (Å²) in [5, 5.41) is 14.5. The minimum atomic E-state index is -0.371. The highest BCUT2D eigenvalue weighted by Crippen LogP contribution is 2.10. The summed E-state index contributed by atoms with van der Waals surface area (Å²) < 4.78 is 19.1. The van der Waals surface area contributed by atoms with Crippen LogP contribution in [0.15, 0.2) is 23.4 Å². The van der Waals surface area contributed by atoms with Crippen LogP contribution in [-0.4, -0.2) is 30.8 Å². The molecule has 1 rings (SSSR count). The maximum atomic E-state index is 13.8. The third kappa shape index (κ3) is 5.54. The molecule has 0 spiro atoms. The summed E-state index contributed by atoms with van der Waals surface area (Å²) in [7, 11) is 0. The van der Waals surface area contributed by atoms with E-state index in [1.54, 1.807) is 12.1 Å². The van der Waals surface area contributed by atoms with Gasteiger partial charge in [-0.05, 0) is 25.5 Å². The van der Waals surface area contributed by atoms with Gasteiger partial charge in [0.15, 0.2) is 5.84 Å². The molecule has 0 amide bonds. The topological polar surface area (TPSA) is 79.9 Å². The van der Waals surface area contributed by atoms with Gasteiger partial charge in [-0.25, -0.2) is 4.39 Å². The van der Waals surface area contributed by atoms with Crippen molar-refractivity contribution in [1.29, 1.82) is 0 Å². The molecule has 5 nitrogen and oxygen atoms in total. The molecule has 0 bridgehead atoms. The fraction of sp³-hybridized carbons (Fsp3) is 0.500. The zero-order valence-corrected chi connectivity index (χ0v) is 11.7. The number of halogens is 1. The van der Waals surface area contributed by atoms with Crippen molar-refractivity contribution in [1.82, 2.24) is 5.32 Å². The van der Waals surface area contributed by atoms with Gasteiger partial charge in [0, 0.05) is 30.9 Å². The highest BCUT2D eigenvalue weighted by molar-refractivity contribution is 5.97. The van der Waals surface area contributed by atoms with E-state index >= 15 is 0 Å². The van der Waals surface area contributed by atoms with Crippen molar-refractivity contribution in [2.45, 2.75) is 26.3 Å². The zero-order valence-electron chi connectivity index (χ0n) is 11.7. The molecule has 0 aliphatic heterocycles. The Balaban J connectivity index is 2.34. The number of nitrogens with one attached hydrogen (secondary N) is 1. The second-order valence-electron chi connectivity index (χ2n) is 4.43. The smallest absolute Gasteiger partial charge is 0.170 e. The Hall–Kier alpha value is -1.66. The maximum Gasteiger partial charge on any atom is 0.170 e. The summed E-state index contributed by atoms with van der Waals surface area (Å²) in [6.07, 6.45) is 1.91. The van der Waals surface area contributed by atoms with Crippen molar-refractivity contribution in [3.63, 3.8) is 0 Å². The SMILES string of the molecule is CCCOCCCNCc1ccc(/C(N)=N/O)cc1F. The Morgan fingerprint density at radius 3 is 2.90 bits per heavy atom. The molecule has 0 aromatic heterocycles. The third-order valence-electron chi connectivity index (χ3n) is 2.76. The summed E-state index contributed by atoms with van der Waals surface area (Å²) >= 11 is 0. The van der Waals surface area contributed by atoms with Gasteiger partial charge in [0.05, 0.1) is 0 Å². The lowest BCUT2D eigenvalue weighted by Crippen LogP contribution is -2.18. The molecule has 112 valence electrons. The van der Waals surface area contributed by atoms with Crippen molar-refractivity contribution in [3.8, 4) is 0 Å². The van der Waals surface area contributed by atoms with Crippen LogP contribution < -0.4 is 11.1 Å². The molecule has 0 aliphatic carbocycles. The Kier molecular flexibility index (Phi) is 7.60. The molecule has 0 radical (unpaired) electrons. The molecule has 0 atom stereocenters. The molecular weight excluding hydrogens is 261 g/mol. The van der Waals surface area contributed by atoms with Gasteiger partial charge in [-0.2, -0.15) is 0 Å². The van der Waals surface area contributed by atoms with Gasteiger partial charge in [-0.3, -0.25) is 0 Å². The van der Waals surface area contributed by atoms with Crippen LogP contribution in [0.4, 0.5) is 4.39 Å². The summed E-state index contributed by atoms with van der Waals surface area (Å²) in [4.78, 5) is 0. The van der Waals surface area contributed by atoms with Crippen LogP contribution in [0.25, 0.3) is 0 Å². The Labute approximate surface area is 118 Å². The van der Waals surface area contributed by atoms with Crippen molar-refractivity contribution < 1.29 is 14.3 Å². The number of rotatable bonds is 9. The first-order valence-electron chi connectivity index (χ1n) is 6.73. The first-order valence-corrected chi connectivity index (χ1v) is 6.73. The Morgan fingerprint density at radius 1 is 1.45 bits per heavy atom.